The van der Waals surface area contributed by atoms with Gasteiger partial charge in [-0.05, 0) is 90.3 Å². The molecule has 7 aromatic carbocycles. The predicted molar refractivity (Wildman–Crippen MR) is 163 cm³/mol. The van der Waals surface area contributed by atoms with Crippen LogP contribution < -0.4 is 0 Å². The molecule has 1 heteroatoms. The van der Waals surface area contributed by atoms with Crippen LogP contribution in [0.5, 0.6) is 0 Å². The summed E-state index contributed by atoms with van der Waals surface area (Å²) in [4.78, 5) is 0. The molecule has 0 spiro atoms. The Hall–Kier alpha value is -5.01. The summed E-state index contributed by atoms with van der Waals surface area (Å²) in [5.41, 5.74) is 9.35. The van der Waals surface area contributed by atoms with E-state index in [0.29, 0.717) is 0 Å². The topological polar surface area (TPSA) is 0 Å². The molecule has 0 N–H and O–H groups in total. The van der Waals surface area contributed by atoms with E-state index >= 15 is 0 Å². The second-order valence-electron chi connectivity index (χ2n) is 9.97. The first kappa shape index (κ1) is 23.1. The lowest BCUT2D eigenvalue weighted by Gasteiger charge is -2.10. The lowest BCUT2D eigenvalue weighted by molar-refractivity contribution is 0.628. The quantitative estimate of drug-likeness (QED) is 0.225. The fourth-order valence-electron chi connectivity index (χ4n) is 5.42. The highest BCUT2D eigenvalue weighted by molar-refractivity contribution is 5.97. The molecular formula is C38H25F. The molecule has 0 bridgehead atoms. The third-order valence-electron chi connectivity index (χ3n) is 7.55. The van der Waals surface area contributed by atoms with Crippen molar-refractivity contribution < 1.29 is 4.39 Å². The highest BCUT2D eigenvalue weighted by atomic mass is 19.1. The van der Waals surface area contributed by atoms with E-state index in [0.717, 1.165) is 16.7 Å². The Balaban J connectivity index is 1.15. The Morgan fingerprint density at radius 1 is 0.308 bits per heavy atom. The Morgan fingerprint density at radius 3 is 1.33 bits per heavy atom. The summed E-state index contributed by atoms with van der Waals surface area (Å²) in [5, 5.41) is 4.97. The molecule has 0 unspecified atom stereocenters. The summed E-state index contributed by atoms with van der Waals surface area (Å²) in [6.45, 7) is 0. The Kier molecular flexibility index (Phi) is 5.75. The van der Waals surface area contributed by atoms with Crippen LogP contribution in [0, 0.1) is 5.82 Å². The van der Waals surface area contributed by atoms with E-state index in [1.165, 1.54) is 61.5 Å². The number of hydrogen-bond acceptors (Lipinski definition) is 0. The Morgan fingerprint density at radius 2 is 0.744 bits per heavy atom. The minimum absolute atomic E-state index is 0.215. The molecule has 0 aliphatic heterocycles. The number of rotatable bonds is 4. The van der Waals surface area contributed by atoms with Crippen molar-refractivity contribution >= 4 is 21.5 Å². The first-order chi connectivity index (χ1) is 19.2. The largest absolute Gasteiger partial charge is 0.207 e. The zero-order valence-electron chi connectivity index (χ0n) is 21.3. The first-order valence-electron chi connectivity index (χ1n) is 13.2. The Bertz CT molecular complexity index is 1920. The predicted octanol–water partition coefficient (Wildman–Crippen LogP) is 10.8. The van der Waals surface area contributed by atoms with Crippen LogP contribution in [0.2, 0.25) is 0 Å². The normalized spacial score (nSPS) is 11.2. The van der Waals surface area contributed by atoms with Gasteiger partial charge in [0.05, 0.1) is 0 Å². The molecule has 7 aromatic rings. The van der Waals surface area contributed by atoms with Gasteiger partial charge in [-0.1, -0.05) is 127 Å². The smallest absolute Gasteiger partial charge is 0.123 e. The molecule has 0 amide bonds. The maximum atomic E-state index is 13.3. The van der Waals surface area contributed by atoms with E-state index in [-0.39, 0.29) is 5.82 Å². The summed E-state index contributed by atoms with van der Waals surface area (Å²) in [6.07, 6.45) is 0. The van der Waals surface area contributed by atoms with Crippen molar-refractivity contribution in [1.82, 2.24) is 0 Å². The highest BCUT2D eigenvalue weighted by Gasteiger charge is 2.07. The van der Waals surface area contributed by atoms with Crippen LogP contribution in [0.15, 0.2) is 152 Å². The second-order valence-corrected chi connectivity index (χ2v) is 9.97. The lowest BCUT2D eigenvalue weighted by atomic mass is 9.94. The van der Waals surface area contributed by atoms with Crippen molar-refractivity contribution in [3.05, 3.63) is 157 Å². The molecule has 0 saturated carbocycles. The molecule has 0 saturated heterocycles. The van der Waals surface area contributed by atoms with E-state index in [1.54, 1.807) is 0 Å². The van der Waals surface area contributed by atoms with Gasteiger partial charge in [-0.25, -0.2) is 4.39 Å². The standard InChI is InChI=1S/C38H25F/c39-36-22-20-27(21-23-36)26-8-10-28(11-9-26)32-16-18-35-25-33(17-19-34(35)24-32)29-12-14-31(15-13-29)38-7-3-5-30-4-1-2-6-37(30)38/h1-25H. The van der Waals surface area contributed by atoms with Crippen LogP contribution in [0.25, 0.3) is 66.1 Å². The van der Waals surface area contributed by atoms with Gasteiger partial charge in [-0.15, -0.1) is 0 Å². The van der Waals surface area contributed by atoms with Crippen molar-refractivity contribution in [2.45, 2.75) is 0 Å². The molecule has 0 fully saturated rings. The van der Waals surface area contributed by atoms with Gasteiger partial charge in [0.15, 0.2) is 0 Å². The average Bonchev–Trinajstić information content (AvgIpc) is 3.01. The zero-order valence-corrected chi connectivity index (χ0v) is 21.3. The van der Waals surface area contributed by atoms with Crippen molar-refractivity contribution in [3.63, 3.8) is 0 Å². The molecule has 0 nitrogen and oxygen atoms in total. The first-order valence-corrected chi connectivity index (χ1v) is 13.2. The van der Waals surface area contributed by atoms with Crippen molar-refractivity contribution in [3.8, 4) is 44.5 Å². The van der Waals surface area contributed by atoms with Crippen molar-refractivity contribution in [1.29, 1.82) is 0 Å². The lowest BCUT2D eigenvalue weighted by Crippen LogP contribution is -1.84. The SMILES string of the molecule is Fc1ccc(-c2ccc(-c3ccc4cc(-c5ccc(-c6cccc7ccccc67)cc5)ccc4c3)cc2)cc1. The summed E-state index contributed by atoms with van der Waals surface area (Å²) in [6, 6.07) is 52.3. The molecule has 0 atom stereocenters. The van der Waals surface area contributed by atoms with Crippen LogP contribution in [0.1, 0.15) is 0 Å². The van der Waals surface area contributed by atoms with Crippen molar-refractivity contribution in [2.24, 2.45) is 0 Å². The molecule has 39 heavy (non-hydrogen) atoms. The van der Waals surface area contributed by atoms with E-state index in [4.69, 9.17) is 0 Å². The molecule has 0 radical (unpaired) electrons. The Labute approximate surface area is 227 Å². The summed E-state index contributed by atoms with van der Waals surface area (Å²) in [7, 11) is 0. The fourth-order valence-corrected chi connectivity index (χ4v) is 5.42. The molecule has 0 heterocycles. The minimum atomic E-state index is -0.215. The van der Waals surface area contributed by atoms with E-state index in [1.807, 2.05) is 12.1 Å². The third kappa shape index (κ3) is 4.49. The molecule has 7 rings (SSSR count). The van der Waals surface area contributed by atoms with Gasteiger partial charge < -0.3 is 0 Å². The number of hydrogen-bond donors (Lipinski definition) is 0. The maximum Gasteiger partial charge on any atom is 0.123 e. The van der Waals surface area contributed by atoms with Crippen molar-refractivity contribution in [2.75, 3.05) is 0 Å². The van der Waals surface area contributed by atoms with E-state index < -0.39 is 0 Å². The molecular weight excluding hydrogens is 475 g/mol. The number of fused-ring (bicyclic) bond motifs is 2. The average molecular weight is 501 g/mol. The monoisotopic (exact) mass is 500 g/mol. The van der Waals surface area contributed by atoms with E-state index in [2.05, 4.69) is 127 Å². The summed E-state index contributed by atoms with van der Waals surface area (Å²) in [5.74, 6) is -0.215. The zero-order chi connectivity index (χ0) is 26.2. The van der Waals surface area contributed by atoms with Crippen LogP contribution >= 0.6 is 0 Å². The molecule has 0 aliphatic carbocycles. The van der Waals surface area contributed by atoms with Gasteiger partial charge in [-0.2, -0.15) is 0 Å². The molecule has 0 aliphatic rings. The van der Waals surface area contributed by atoms with Gasteiger partial charge in [0.1, 0.15) is 5.82 Å². The number of benzene rings is 7. The van der Waals surface area contributed by atoms with Crippen LogP contribution in [0.4, 0.5) is 4.39 Å². The molecule has 184 valence electrons. The second kappa shape index (κ2) is 9.70. The minimum Gasteiger partial charge on any atom is -0.207 e. The van der Waals surface area contributed by atoms with Gasteiger partial charge in [0, 0.05) is 0 Å². The van der Waals surface area contributed by atoms with Gasteiger partial charge in [0.2, 0.25) is 0 Å². The number of halogens is 1. The van der Waals surface area contributed by atoms with Crippen LogP contribution in [0.3, 0.4) is 0 Å². The van der Waals surface area contributed by atoms with Crippen LogP contribution in [-0.2, 0) is 0 Å². The highest BCUT2D eigenvalue weighted by Crippen LogP contribution is 2.33. The van der Waals surface area contributed by atoms with Gasteiger partial charge in [0.25, 0.3) is 0 Å². The van der Waals surface area contributed by atoms with Crippen LogP contribution in [-0.4, -0.2) is 0 Å². The summed E-state index contributed by atoms with van der Waals surface area (Å²) < 4.78 is 13.3. The summed E-state index contributed by atoms with van der Waals surface area (Å²) >= 11 is 0. The van der Waals surface area contributed by atoms with Gasteiger partial charge in [-0.3, -0.25) is 0 Å². The molecule has 0 aromatic heterocycles. The maximum absolute atomic E-state index is 13.3. The van der Waals surface area contributed by atoms with Gasteiger partial charge >= 0.3 is 0 Å². The third-order valence-corrected chi connectivity index (χ3v) is 7.55. The fraction of sp³-hybridized carbons (Fsp3) is 0. The van der Waals surface area contributed by atoms with E-state index in [9.17, 15) is 4.39 Å².